The minimum absolute atomic E-state index is 0.00282. The fourth-order valence-electron chi connectivity index (χ4n) is 3.90. The molecule has 0 saturated heterocycles. The van der Waals surface area contributed by atoms with Gasteiger partial charge in [-0.2, -0.15) is 0 Å². The maximum Gasteiger partial charge on any atom is 0.192 e. The summed E-state index contributed by atoms with van der Waals surface area (Å²) in [6.07, 6.45) is 0. The molecule has 2 aromatic carbocycles. The lowest BCUT2D eigenvalue weighted by molar-refractivity contribution is -0.119. The number of hydrogen-bond acceptors (Lipinski definition) is 3. The van der Waals surface area contributed by atoms with Gasteiger partial charge >= 0.3 is 0 Å². The molecule has 0 saturated carbocycles. The lowest BCUT2D eigenvalue weighted by Gasteiger charge is -2.30. The Balaban J connectivity index is 1.98. The number of benzene rings is 2. The maximum absolute atomic E-state index is 13.1. The van der Waals surface area contributed by atoms with Crippen LogP contribution in [-0.2, 0) is 4.79 Å². The first kappa shape index (κ1) is 14.8. The van der Waals surface area contributed by atoms with E-state index in [2.05, 4.69) is 4.99 Å². The van der Waals surface area contributed by atoms with E-state index < -0.39 is 0 Å². The van der Waals surface area contributed by atoms with Gasteiger partial charge in [0.15, 0.2) is 5.78 Å². The Labute approximate surface area is 140 Å². The molecule has 0 bridgehead atoms. The number of nitrogens with zero attached hydrogens (tertiary/aromatic N) is 1. The summed E-state index contributed by atoms with van der Waals surface area (Å²) in [5.41, 5.74) is 4.72. The summed E-state index contributed by atoms with van der Waals surface area (Å²) >= 11 is 0. The molecule has 2 aliphatic rings. The van der Waals surface area contributed by atoms with Crippen LogP contribution in [0.2, 0.25) is 0 Å². The highest BCUT2D eigenvalue weighted by molar-refractivity contribution is 6.25. The van der Waals surface area contributed by atoms with Gasteiger partial charge in [-0.3, -0.25) is 14.6 Å². The van der Waals surface area contributed by atoms with Crippen molar-refractivity contribution in [2.24, 2.45) is 10.9 Å². The van der Waals surface area contributed by atoms with Gasteiger partial charge in [0.25, 0.3) is 0 Å². The zero-order valence-corrected chi connectivity index (χ0v) is 13.6. The molecule has 118 valence electrons. The van der Waals surface area contributed by atoms with Crippen molar-refractivity contribution >= 4 is 23.0 Å². The van der Waals surface area contributed by atoms with Crippen LogP contribution in [0.5, 0.6) is 0 Å². The van der Waals surface area contributed by atoms with Crippen LogP contribution in [0.3, 0.4) is 0 Å². The minimum atomic E-state index is -0.385. The van der Waals surface area contributed by atoms with Crippen LogP contribution in [-0.4, -0.2) is 17.3 Å². The topological polar surface area (TPSA) is 46.5 Å². The Morgan fingerprint density at radius 3 is 2.25 bits per heavy atom. The molecule has 0 N–H and O–H groups in total. The SMILES string of the molecule is CC(=O)C1C(C)=NC2=C(C(=O)c3ccccc32)[C@@H]1c1ccccc1. The number of allylic oxidation sites excluding steroid dienone is 1. The van der Waals surface area contributed by atoms with E-state index in [1.807, 2.05) is 61.5 Å². The Kier molecular flexibility index (Phi) is 3.31. The van der Waals surface area contributed by atoms with Crippen molar-refractivity contribution in [3.05, 3.63) is 76.9 Å². The largest absolute Gasteiger partial charge is 0.299 e. The standard InChI is InChI=1S/C21H17NO2/c1-12-17(13(2)23)18(14-8-4-3-5-9-14)19-20(22-12)15-10-6-7-11-16(15)21(19)24/h3-11,17-18H,1-2H3/t17?,18-/m1/s1. The number of ketones is 2. The van der Waals surface area contributed by atoms with E-state index >= 15 is 0 Å². The average molecular weight is 315 g/mol. The van der Waals surface area contributed by atoms with Crippen molar-refractivity contribution in [3.8, 4) is 0 Å². The van der Waals surface area contributed by atoms with Crippen LogP contribution >= 0.6 is 0 Å². The second kappa shape index (κ2) is 5.38. The van der Waals surface area contributed by atoms with Gasteiger partial charge in [-0.15, -0.1) is 0 Å². The molecule has 0 spiro atoms. The number of carbonyl (C=O) groups excluding carboxylic acids is 2. The Hall–Kier alpha value is -2.81. The summed E-state index contributed by atoms with van der Waals surface area (Å²) in [7, 11) is 0. The van der Waals surface area contributed by atoms with Gasteiger partial charge in [-0.05, 0) is 19.4 Å². The first-order chi connectivity index (χ1) is 11.6. The van der Waals surface area contributed by atoms with Crippen LogP contribution in [0.15, 0.2) is 65.2 Å². The van der Waals surface area contributed by atoms with Crippen LogP contribution in [0.4, 0.5) is 0 Å². The monoisotopic (exact) mass is 315 g/mol. The molecule has 1 heterocycles. The van der Waals surface area contributed by atoms with E-state index in [9.17, 15) is 9.59 Å². The van der Waals surface area contributed by atoms with Crippen molar-refractivity contribution in [1.29, 1.82) is 0 Å². The van der Waals surface area contributed by atoms with Gasteiger partial charge in [0.2, 0.25) is 0 Å². The summed E-state index contributed by atoms with van der Waals surface area (Å²) in [6.45, 7) is 3.47. The van der Waals surface area contributed by atoms with E-state index in [-0.39, 0.29) is 23.4 Å². The molecule has 1 aliphatic heterocycles. The number of hydrogen-bond donors (Lipinski definition) is 0. The summed E-state index contributed by atoms with van der Waals surface area (Å²) < 4.78 is 0. The van der Waals surface area contributed by atoms with Gasteiger partial charge in [-0.25, -0.2) is 0 Å². The lowest BCUT2D eigenvalue weighted by Crippen LogP contribution is -2.32. The fraction of sp³-hybridized carbons (Fsp3) is 0.190. The number of rotatable bonds is 2. The second-order valence-corrected chi connectivity index (χ2v) is 6.37. The summed E-state index contributed by atoms with van der Waals surface area (Å²) in [5, 5.41) is 0. The van der Waals surface area contributed by atoms with Gasteiger partial charge in [-0.1, -0.05) is 54.6 Å². The second-order valence-electron chi connectivity index (χ2n) is 6.37. The zero-order chi connectivity index (χ0) is 16.8. The van der Waals surface area contributed by atoms with Crippen LogP contribution in [0, 0.1) is 5.92 Å². The van der Waals surface area contributed by atoms with Crippen molar-refractivity contribution < 1.29 is 9.59 Å². The molecule has 0 radical (unpaired) electrons. The van der Waals surface area contributed by atoms with Crippen molar-refractivity contribution in [2.75, 3.05) is 0 Å². The molecule has 3 nitrogen and oxygen atoms in total. The smallest absolute Gasteiger partial charge is 0.192 e. The Morgan fingerprint density at radius 2 is 1.58 bits per heavy atom. The number of Topliss-reactive ketones (excluding diaryl/α,β-unsaturated/α-hetero) is 2. The first-order valence-electron chi connectivity index (χ1n) is 8.08. The van der Waals surface area contributed by atoms with Gasteiger partial charge in [0.05, 0.1) is 11.6 Å². The molecule has 4 rings (SSSR count). The molecule has 3 heteroatoms. The van der Waals surface area contributed by atoms with Gasteiger partial charge < -0.3 is 0 Å². The highest BCUT2D eigenvalue weighted by Crippen LogP contribution is 2.47. The molecule has 0 aromatic heterocycles. The number of carbonyl (C=O) groups is 2. The fourth-order valence-corrected chi connectivity index (χ4v) is 3.90. The molecule has 0 fully saturated rings. The van der Waals surface area contributed by atoms with E-state index in [1.54, 1.807) is 6.92 Å². The van der Waals surface area contributed by atoms with E-state index in [0.717, 1.165) is 22.5 Å². The molecular formula is C21H17NO2. The summed E-state index contributed by atoms with van der Waals surface area (Å²) in [4.78, 5) is 30.1. The van der Waals surface area contributed by atoms with Gasteiger partial charge in [0.1, 0.15) is 5.78 Å². The zero-order valence-electron chi connectivity index (χ0n) is 13.6. The van der Waals surface area contributed by atoms with Crippen molar-refractivity contribution in [1.82, 2.24) is 0 Å². The lowest BCUT2D eigenvalue weighted by atomic mass is 9.73. The van der Waals surface area contributed by atoms with E-state index in [4.69, 9.17) is 0 Å². The third-order valence-corrected chi connectivity index (χ3v) is 4.91. The molecule has 1 unspecified atom stereocenters. The molecule has 2 aromatic rings. The van der Waals surface area contributed by atoms with Crippen LogP contribution < -0.4 is 0 Å². The van der Waals surface area contributed by atoms with E-state index in [0.29, 0.717) is 11.1 Å². The molecule has 2 atom stereocenters. The number of aliphatic imine (C=N–C) groups is 1. The van der Waals surface area contributed by atoms with Crippen LogP contribution in [0.25, 0.3) is 5.70 Å². The summed E-state index contributed by atoms with van der Waals surface area (Å²) in [5.74, 6) is -0.613. The van der Waals surface area contributed by atoms with Crippen LogP contribution in [0.1, 0.15) is 41.3 Å². The Bertz CT molecular complexity index is 922. The third-order valence-electron chi connectivity index (χ3n) is 4.91. The van der Waals surface area contributed by atoms with Crippen molar-refractivity contribution in [3.63, 3.8) is 0 Å². The van der Waals surface area contributed by atoms with E-state index in [1.165, 1.54) is 0 Å². The highest BCUT2D eigenvalue weighted by atomic mass is 16.1. The predicted octanol–water partition coefficient (Wildman–Crippen LogP) is 4.06. The maximum atomic E-state index is 13.1. The summed E-state index contributed by atoms with van der Waals surface area (Å²) in [6, 6.07) is 17.4. The molecule has 24 heavy (non-hydrogen) atoms. The molecule has 1 aliphatic carbocycles. The third kappa shape index (κ3) is 2.01. The first-order valence-corrected chi connectivity index (χ1v) is 8.08. The minimum Gasteiger partial charge on any atom is -0.299 e. The highest BCUT2D eigenvalue weighted by Gasteiger charge is 2.44. The quantitative estimate of drug-likeness (QED) is 0.839. The predicted molar refractivity (Wildman–Crippen MR) is 94.2 cm³/mol. The van der Waals surface area contributed by atoms with Crippen molar-refractivity contribution in [2.45, 2.75) is 19.8 Å². The number of fused-ring (bicyclic) bond motifs is 2. The molecule has 0 amide bonds. The van der Waals surface area contributed by atoms with Gasteiger partial charge in [0, 0.05) is 28.3 Å². The normalized spacial score (nSPS) is 22.1. The average Bonchev–Trinajstić information content (AvgIpc) is 2.87. The molecular weight excluding hydrogens is 298 g/mol. The Morgan fingerprint density at radius 1 is 0.958 bits per heavy atom.